The van der Waals surface area contributed by atoms with Gasteiger partial charge in [-0.05, 0) is 48.8 Å². The molecule has 0 aromatic heterocycles. The van der Waals surface area contributed by atoms with E-state index in [1.165, 1.54) is 5.56 Å². The molecule has 4 nitrogen and oxygen atoms in total. The third-order valence-electron chi connectivity index (χ3n) is 3.86. The molecule has 0 saturated carbocycles. The first-order valence-corrected chi connectivity index (χ1v) is 8.91. The second-order valence-corrected chi connectivity index (χ2v) is 6.14. The van der Waals surface area contributed by atoms with E-state index in [4.69, 9.17) is 21.7 Å². The van der Waals surface area contributed by atoms with Crippen molar-refractivity contribution in [1.29, 1.82) is 0 Å². The molecule has 1 atom stereocenters. The zero-order chi connectivity index (χ0) is 17.9. The summed E-state index contributed by atoms with van der Waals surface area (Å²) in [5.41, 5.74) is 2.36. The monoisotopic (exact) mass is 358 g/mol. The zero-order valence-corrected chi connectivity index (χ0v) is 15.6. The van der Waals surface area contributed by atoms with Gasteiger partial charge in [0.05, 0.1) is 13.2 Å². The van der Waals surface area contributed by atoms with Crippen LogP contribution < -0.4 is 15.4 Å². The van der Waals surface area contributed by atoms with Crippen molar-refractivity contribution in [1.82, 2.24) is 10.6 Å². The fourth-order valence-electron chi connectivity index (χ4n) is 2.34. The van der Waals surface area contributed by atoms with Gasteiger partial charge in [0.2, 0.25) is 0 Å². The van der Waals surface area contributed by atoms with Crippen LogP contribution in [0, 0.1) is 0 Å². The Balaban J connectivity index is 1.56. The van der Waals surface area contributed by atoms with E-state index in [1.807, 2.05) is 42.5 Å². The first kappa shape index (κ1) is 19.2. The maximum Gasteiger partial charge on any atom is 0.166 e. The molecule has 0 spiro atoms. The normalized spacial score (nSPS) is 11.6. The number of methoxy groups -OCH3 is 1. The topological polar surface area (TPSA) is 42.5 Å². The van der Waals surface area contributed by atoms with Crippen molar-refractivity contribution in [3.8, 4) is 5.75 Å². The van der Waals surface area contributed by atoms with Crippen molar-refractivity contribution < 1.29 is 9.47 Å². The van der Waals surface area contributed by atoms with E-state index in [9.17, 15) is 0 Å². The molecule has 0 bridgehead atoms. The highest BCUT2D eigenvalue weighted by Gasteiger charge is 2.04. The summed E-state index contributed by atoms with van der Waals surface area (Å²) in [7, 11) is 1.66. The molecule has 0 aliphatic carbocycles. The lowest BCUT2D eigenvalue weighted by molar-refractivity contribution is 0.0646. The van der Waals surface area contributed by atoms with Gasteiger partial charge in [0.15, 0.2) is 5.11 Å². The van der Waals surface area contributed by atoms with Crippen molar-refractivity contribution in [2.75, 3.05) is 20.3 Å². The van der Waals surface area contributed by atoms with E-state index in [2.05, 4.69) is 29.7 Å². The fraction of sp³-hybridized carbons (Fsp3) is 0.350. The van der Waals surface area contributed by atoms with Gasteiger partial charge < -0.3 is 20.1 Å². The van der Waals surface area contributed by atoms with E-state index < -0.39 is 0 Å². The molecule has 25 heavy (non-hydrogen) atoms. The van der Waals surface area contributed by atoms with Gasteiger partial charge in [-0.2, -0.15) is 0 Å². The molecule has 134 valence electrons. The van der Waals surface area contributed by atoms with Gasteiger partial charge in [0.25, 0.3) is 0 Å². The predicted molar refractivity (Wildman–Crippen MR) is 106 cm³/mol. The highest BCUT2D eigenvalue weighted by Crippen LogP contribution is 2.15. The number of benzene rings is 2. The Morgan fingerprint density at radius 1 is 1.04 bits per heavy atom. The van der Waals surface area contributed by atoms with Gasteiger partial charge in [-0.25, -0.2) is 0 Å². The quantitative estimate of drug-likeness (QED) is 0.527. The lowest BCUT2D eigenvalue weighted by Gasteiger charge is -2.14. The minimum atomic E-state index is 0.112. The molecule has 0 heterocycles. The zero-order valence-electron chi connectivity index (χ0n) is 14.8. The molecule has 0 saturated heterocycles. The summed E-state index contributed by atoms with van der Waals surface area (Å²) < 4.78 is 11.0. The first-order chi connectivity index (χ1) is 12.2. The SMILES string of the molecule is COc1ccc(CNC(=S)NCCCO[C@H](C)c2ccccc2)cc1. The molecule has 5 heteroatoms. The van der Waals surface area contributed by atoms with E-state index >= 15 is 0 Å². The summed E-state index contributed by atoms with van der Waals surface area (Å²) in [6, 6.07) is 18.2. The lowest BCUT2D eigenvalue weighted by Crippen LogP contribution is -2.35. The standard InChI is InChI=1S/C20H26N2O2S/c1-16(18-7-4-3-5-8-18)24-14-6-13-21-20(25)22-15-17-9-11-19(23-2)12-10-17/h3-5,7-12,16H,6,13-15H2,1-2H3,(H2,21,22,25)/t16-/m1/s1. The predicted octanol–water partition coefficient (Wildman–Crippen LogP) is 3.83. The van der Waals surface area contributed by atoms with Crippen LogP contribution in [0.4, 0.5) is 0 Å². The second kappa shape index (κ2) is 10.7. The number of rotatable bonds is 9. The summed E-state index contributed by atoms with van der Waals surface area (Å²) in [5, 5.41) is 7.06. The first-order valence-electron chi connectivity index (χ1n) is 8.50. The van der Waals surface area contributed by atoms with Crippen molar-refractivity contribution >= 4 is 17.3 Å². The summed E-state index contributed by atoms with van der Waals surface area (Å²) >= 11 is 5.29. The van der Waals surface area contributed by atoms with Crippen LogP contribution in [-0.2, 0) is 11.3 Å². The summed E-state index contributed by atoms with van der Waals surface area (Å²) in [6.07, 6.45) is 1.02. The van der Waals surface area contributed by atoms with Crippen molar-refractivity contribution in [2.45, 2.75) is 26.0 Å². The Bertz CT molecular complexity index is 632. The van der Waals surface area contributed by atoms with Crippen molar-refractivity contribution in [2.24, 2.45) is 0 Å². The van der Waals surface area contributed by atoms with E-state index in [-0.39, 0.29) is 6.10 Å². The number of nitrogens with one attached hydrogen (secondary N) is 2. The molecule has 2 rings (SSSR count). The Labute approximate surface area is 155 Å². The summed E-state index contributed by atoms with van der Waals surface area (Å²) in [4.78, 5) is 0. The van der Waals surface area contributed by atoms with Crippen LogP contribution in [0.5, 0.6) is 5.75 Å². The van der Waals surface area contributed by atoms with Gasteiger partial charge in [-0.15, -0.1) is 0 Å². The molecular formula is C20H26N2O2S. The second-order valence-electron chi connectivity index (χ2n) is 5.73. The smallest absolute Gasteiger partial charge is 0.166 e. The van der Waals surface area contributed by atoms with Crippen LogP contribution >= 0.6 is 12.2 Å². The van der Waals surface area contributed by atoms with Gasteiger partial charge in [0.1, 0.15) is 5.75 Å². The van der Waals surface area contributed by atoms with Crippen molar-refractivity contribution in [3.63, 3.8) is 0 Å². The minimum Gasteiger partial charge on any atom is -0.497 e. The van der Waals surface area contributed by atoms with E-state index in [1.54, 1.807) is 7.11 Å². The van der Waals surface area contributed by atoms with Gasteiger partial charge >= 0.3 is 0 Å². The highest BCUT2D eigenvalue weighted by molar-refractivity contribution is 7.80. The molecule has 0 aliphatic heterocycles. The molecule has 0 unspecified atom stereocenters. The van der Waals surface area contributed by atoms with Crippen LogP contribution in [0.25, 0.3) is 0 Å². The van der Waals surface area contributed by atoms with Crippen LogP contribution in [0.15, 0.2) is 54.6 Å². The fourth-order valence-corrected chi connectivity index (χ4v) is 2.52. The Morgan fingerprint density at radius 2 is 1.76 bits per heavy atom. The summed E-state index contributed by atoms with van der Waals surface area (Å²) in [5.74, 6) is 0.856. The maximum absolute atomic E-state index is 5.85. The van der Waals surface area contributed by atoms with E-state index in [0.29, 0.717) is 18.3 Å². The Kier molecular flexibility index (Phi) is 8.22. The maximum atomic E-state index is 5.85. The molecule has 2 aromatic rings. The van der Waals surface area contributed by atoms with Crippen LogP contribution in [0.1, 0.15) is 30.6 Å². The van der Waals surface area contributed by atoms with Gasteiger partial charge in [0, 0.05) is 19.7 Å². The third kappa shape index (κ3) is 7.11. The minimum absolute atomic E-state index is 0.112. The average Bonchev–Trinajstić information content (AvgIpc) is 2.67. The molecule has 0 amide bonds. The summed E-state index contributed by atoms with van der Waals surface area (Å²) in [6.45, 7) is 4.25. The molecule has 0 radical (unpaired) electrons. The molecular weight excluding hydrogens is 332 g/mol. The van der Waals surface area contributed by atoms with Crippen LogP contribution in [0.2, 0.25) is 0 Å². The lowest BCUT2D eigenvalue weighted by atomic mass is 10.1. The van der Waals surface area contributed by atoms with Gasteiger partial charge in [-0.1, -0.05) is 42.5 Å². The highest BCUT2D eigenvalue weighted by atomic mass is 32.1. The molecule has 0 aliphatic rings. The van der Waals surface area contributed by atoms with Gasteiger partial charge in [-0.3, -0.25) is 0 Å². The van der Waals surface area contributed by atoms with Crippen LogP contribution in [0.3, 0.4) is 0 Å². The molecule has 0 fully saturated rings. The Morgan fingerprint density at radius 3 is 2.44 bits per heavy atom. The molecule has 2 N–H and O–H groups in total. The third-order valence-corrected chi connectivity index (χ3v) is 4.14. The number of ether oxygens (including phenoxy) is 2. The average molecular weight is 359 g/mol. The Hall–Kier alpha value is -2.11. The number of hydrogen-bond acceptors (Lipinski definition) is 3. The van der Waals surface area contributed by atoms with Crippen LogP contribution in [-0.4, -0.2) is 25.4 Å². The largest absolute Gasteiger partial charge is 0.497 e. The van der Waals surface area contributed by atoms with E-state index in [0.717, 1.165) is 24.3 Å². The number of thiocarbonyl (C=S) groups is 1. The van der Waals surface area contributed by atoms with Crippen molar-refractivity contribution in [3.05, 3.63) is 65.7 Å². The number of hydrogen-bond donors (Lipinski definition) is 2. The molecule has 2 aromatic carbocycles.